The van der Waals surface area contributed by atoms with Crippen LogP contribution in [0.1, 0.15) is 24.5 Å². The molecule has 3 heteroatoms. The Bertz CT molecular complexity index is 955. The van der Waals surface area contributed by atoms with Gasteiger partial charge in [0.2, 0.25) is 0 Å². The molecule has 0 aromatic heterocycles. The minimum absolute atomic E-state index is 0.194. The van der Waals surface area contributed by atoms with Crippen molar-refractivity contribution >= 4 is 0 Å². The van der Waals surface area contributed by atoms with Crippen molar-refractivity contribution in [2.45, 2.75) is 26.2 Å². The van der Waals surface area contributed by atoms with Gasteiger partial charge in [-0.3, -0.25) is 0 Å². The van der Waals surface area contributed by atoms with E-state index in [4.69, 9.17) is 0 Å². The highest BCUT2D eigenvalue weighted by atomic mass is 19.1. The molecule has 0 saturated heterocycles. The predicted molar refractivity (Wildman–Crippen MR) is 98.4 cm³/mol. The fraction of sp³-hybridized carbons (Fsp3) is 0.217. The van der Waals surface area contributed by atoms with E-state index in [0.29, 0.717) is 5.92 Å². The Morgan fingerprint density at radius 1 is 0.731 bits per heavy atom. The largest absolute Gasteiger partial charge is 0.207 e. The summed E-state index contributed by atoms with van der Waals surface area (Å²) in [5.41, 5.74) is 4.85. The summed E-state index contributed by atoms with van der Waals surface area (Å²) in [7, 11) is 0. The predicted octanol–water partition coefficient (Wildman–Crippen LogP) is 6.56. The molecule has 4 rings (SSSR count). The van der Waals surface area contributed by atoms with Crippen molar-refractivity contribution in [1.82, 2.24) is 0 Å². The number of halogens is 3. The van der Waals surface area contributed by atoms with Crippen LogP contribution in [-0.4, -0.2) is 0 Å². The van der Waals surface area contributed by atoms with Gasteiger partial charge in [-0.05, 0) is 64.8 Å². The van der Waals surface area contributed by atoms with Gasteiger partial charge in [0.15, 0.2) is 0 Å². The Hall–Kier alpha value is -2.55. The maximum Gasteiger partial charge on any atom is 0.131 e. The van der Waals surface area contributed by atoms with Gasteiger partial charge < -0.3 is 0 Å². The van der Waals surface area contributed by atoms with Gasteiger partial charge >= 0.3 is 0 Å². The molecule has 1 aliphatic carbocycles. The van der Waals surface area contributed by atoms with E-state index in [1.54, 1.807) is 12.1 Å². The number of hydrogen-bond donors (Lipinski definition) is 0. The van der Waals surface area contributed by atoms with Crippen molar-refractivity contribution in [2.75, 3.05) is 0 Å². The fourth-order valence-electron chi connectivity index (χ4n) is 3.82. The van der Waals surface area contributed by atoms with Gasteiger partial charge in [0, 0.05) is 11.6 Å². The second-order valence-corrected chi connectivity index (χ2v) is 7.02. The Kier molecular flexibility index (Phi) is 4.31. The lowest BCUT2D eigenvalue weighted by Crippen LogP contribution is -1.95. The summed E-state index contributed by atoms with van der Waals surface area (Å²) in [5, 5.41) is 0. The monoisotopic (exact) mass is 352 g/mol. The van der Waals surface area contributed by atoms with Crippen molar-refractivity contribution < 1.29 is 13.2 Å². The fourth-order valence-corrected chi connectivity index (χ4v) is 3.82. The summed E-state index contributed by atoms with van der Waals surface area (Å²) in [4.78, 5) is 0. The quantitative estimate of drug-likeness (QED) is 0.500. The molecule has 0 nitrogen and oxygen atoms in total. The molecule has 0 fully saturated rings. The van der Waals surface area contributed by atoms with Gasteiger partial charge in [-0.25, -0.2) is 13.2 Å². The van der Waals surface area contributed by atoms with Crippen molar-refractivity contribution in [3.05, 3.63) is 83.2 Å². The summed E-state index contributed by atoms with van der Waals surface area (Å²) >= 11 is 0. The van der Waals surface area contributed by atoms with Crippen LogP contribution in [0.5, 0.6) is 0 Å². The van der Waals surface area contributed by atoms with E-state index in [1.165, 1.54) is 17.2 Å². The second-order valence-electron chi connectivity index (χ2n) is 7.02. The number of fused-ring (bicyclic) bond motifs is 1. The molecule has 0 N–H and O–H groups in total. The average Bonchev–Trinajstić information content (AvgIpc) is 3.03. The van der Waals surface area contributed by atoms with Crippen molar-refractivity contribution in [3.8, 4) is 22.3 Å². The zero-order valence-electron chi connectivity index (χ0n) is 14.5. The number of hydrogen-bond acceptors (Lipinski definition) is 0. The van der Waals surface area contributed by atoms with Crippen LogP contribution in [0.2, 0.25) is 0 Å². The lowest BCUT2D eigenvalue weighted by Gasteiger charge is -2.09. The van der Waals surface area contributed by atoms with Crippen molar-refractivity contribution in [3.63, 3.8) is 0 Å². The Balaban J connectivity index is 1.69. The minimum Gasteiger partial charge on any atom is -0.207 e. The summed E-state index contributed by atoms with van der Waals surface area (Å²) in [5.74, 6) is -1.22. The van der Waals surface area contributed by atoms with Crippen LogP contribution in [0.4, 0.5) is 13.2 Å². The van der Waals surface area contributed by atoms with Crippen LogP contribution in [0.15, 0.2) is 54.6 Å². The highest BCUT2D eigenvalue weighted by Crippen LogP contribution is 2.34. The Morgan fingerprint density at radius 3 is 2.08 bits per heavy atom. The Labute approximate surface area is 151 Å². The summed E-state index contributed by atoms with van der Waals surface area (Å²) in [6.45, 7) is 2.21. The molecule has 3 aromatic rings. The van der Waals surface area contributed by atoms with Crippen LogP contribution in [0.25, 0.3) is 22.3 Å². The van der Waals surface area contributed by atoms with E-state index in [-0.39, 0.29) is 11.1 Å². The molecular formula is C23H19F3. The van der Waals surface area contributed by atoms with Crippen LogP contribution in [0.3, 0.4) is 0 Å². The van der Waals surface area contributed by atoms with Gasteiger partial charge in [0.1, 0.15) is 17.5 Å². The molecule has 0 aliphatic heterocycles. The van der Waals surface area contributed by atoms with E-state index < -0.39 is 17.5 Å². The van der Waals surface area contributed by atoms with Crippen molar-refractivity contribution in [1.29, 1.82) is 0 Å². The van der Waals surface area contributed by atoms with E-state index in [0.717, 1.165) is 48.6 Å². The SMILES string of the molecule is CCC1Cc2ccc(-c3ccc(-c4cc(F)cc(F)c4)c(F)c3)cc2C1. The van der Waals surface area contributed by atoms with Crippen molar-refractivity contribution in [2.24, 2.45) is 5.92 Å². The first-order valence-corrected chi connectivity index (χ1v) is 8.91. The Morgan fingerprint density at radius 2 is 1.38 bits per heavy atom. The molecule has 26 heavy (non-hydrogen) atoms. The molecule has 1 atom stereocenters. The lowest BCUT2D eigenvalue weighted by molar-refractivity contribution is 0.543. The van der Waals surface area contributed by atoms with Gasteiger partial charge in [-0.15, -0.1) is 0 Å². The first-order valence-electron chi connectivity index (χ1n) is 8.91. The molecule has 1 aliphatic rings. The molecule has 3 aromatic carbocycles. The minimum atomic E-state index is -0.715. The molecule has 1 unspecified atom stereocenters. The molecule has 0 saturated carbocycles. The molecule has 0 amide bonds. The molecular weight excluding hydrogens is 333 g/mol. The zero-order valence-corrected chi connectivity index (χ0v) is 14.5. The average molecular weight is 352 g/mol. The standard InChI is InChI=1S/C23H19F3/c1-2-14-7-15-3-4-16(9-18(15)8-14)17-5-6-22(23(26)12-17)19-10-20(24)13-21(25)11-19/h3-6,9-14H,2,7-8H2,1H3. The molecule has 0 heterocycles. The summed E-state index contributed by atoms with van der Waals surface area (Å²) in [6.07, 6.45) is 3.35. The smallest absolute Gasteiger partial charge is 0.131 e. The third-order valence-electron chi connectivity index (χ3n) is 5.28. The van der Waals surface area contributed by atoms with Crippen LogP contribution in [-0.2, 0) is 12.8 Å². The topological polar surface area (TPSA) is 0 Å². The van der Waals surface area contributed by atoms with Gasteiger partial charge in [0.25, 0.3) is 0 Å². The van der Waals surface area contributed by atoms with E-state index in [2.05, 4.69) is 19.1 Å². The highest BCUT2D eigenvalue weighted by molar-refractivity contribution is 5.72. The first-order chi connectivity index (χ1) is 12.5. The normalized spacial score (nSPS) is 15.9. The van der Waals surface area contributed by atoms with Crippen LogP contribution >= 0.6 is 0 Å². The molecule has 132 valence electrons. The van der Waals surface area contributed by atoms with Crippen LogP contribution in [0, 0.1) is 23.4 Å². The molecule has 0 radical (unpaired) electrons. The molecule has 0 spiro atoms. The van der Waals surface area contributed by atoms with Crippen LogP contribution < -0.4 is 0 Å². The third kappa shape index (κ3) is 3.14. The molecule has 0 bridgehead atoms. The zero-order chi connectivity index (χ0) is 18.3. The van der Waals surface area contributed by atoms with Gasteiger partial charge in [0.05, 0.1) is 0 Å². The van der Waals surface area contributed by atoms with E-state index >= 15 is 0 Å². The van der Waals surface area contributed by atoms with Gasteiger partial charge in [-0.2, -0.15) is 0 Å². The van der Waals surface area contributed by atoms with E-state index in [9.17, 15) is 13.2 Å². The lowest BCUT2D eigenvalue weighted by atomic mass is 9.97. The number of benzene rings is 3. The van der Waals surface area contributed by atoms with E-state index in [1.807, 2.05) is 6.07 Å². The first kappa shape index (κ1) is 16.9. The highest BCUT2D eigenvalue weighted by Gasteiger charge is 2.20. The van der Waals surface area contributed by atoms with Gasteiger partial charge in [-0.1, -0.05) is 43.7 Å². The second kappa shape index (κ2) is 6.64. The maximum absolute atomic E-state index is 14.6. The summed E-state index contributed by atoms with van der Waals surface area (Å²) < 4.78 is 41.5. The summed E-state index contributed by atoms with van der Waals surface area (Å²) in [6, 6.07) is 14.2. The third-order valence-corrected chi connectivity index (χ3v) is 5.28. The number of rotatable bonds is 3. The maximum atomic E-state index is 14.6.